The van der Waals surface area contributed by atoms with Crippen LogP contribution in [-0.2, 0) is 4.79 Å². The zero-order chi connectivity index (χ0) is 25.1. The Kier molecular flexibility index (Phi) is 6.68. The van der Waals surface area contributed by atoms with Crippen LogP contribution >= 0.6 is 0 Å². The standard InChI is InChI=1S/C26H29N7O2/c1-5-31-16-24(34)33(26(31)35)21-11-12-23-22(15-21)29-17-32(23)18(2)13-14-28-25(27)30(4)19(3)20-9-7-6-8-10-20/h6-15,17,19H,2,5,16H2,1,3-4H3,(H2,27,28)/b14-13-/t19-/m0/s1. The van der Waals surface area contributed by atoms with Gasteiger partial charge in [-0.25, -0.2) is 19.7 Å². The number of hydrogen-bond acceptors (Lipinski definition) is 4. The van der Waals surface area contributed by atoms with Crippen molar-refractivity contribution in [3.8, 4) is 0 Å². The Bertz CT molecular complexity index is 1330. The molecule has 0 unspecified atom stereocenters. The number of amides is 3. The van der Waals surface area contributed by atoms with E-state index in [0.29, 0.717) is 29.4 Å². The summed E-state index contributed by atoms with van der Waals surface area (Å²) in [7, 11) is 1.90. The first kappa shape index (κ1) is 23.7. The third-order valence-corrected chi connectivity index (χ3v) is 6.22. The van der Waals surface area contributed by atoms with Crippen LogP contribution in [-0.4, -0.2) is 57.4 Å². The summed E-state index contributed by atoms with van der Waals surface area (Å²) in [6.07, 6.45) is 4.99. The van der Waals surface area contributed by atoms with Crippen molar-refractivity contribution in [1.29, 1.82) is 0 Å². The quantitative estimate of drug-likeness (QED) is 0.244. The molecule has 2 heterocycles. The van der Waals surface area contributed by atoms with Crippen molar-refractivity contribution < 1.29 is 9.59 Å². The highest BCUT2D eigenvalue weighted by atomic mass is 16.2. The Hall–Kier alpha value is -4.40. The van der Waals surface area contributed by atoms with Crippen LogP contribution in [0.2, 0.25) is 0 Å². The predicted molar refractivity (Wildman–Crippen MR) is 139 cm³/mol. The second-order valence-corrected chi connectivity index (χ2v) is 8.31. The molecule has 0 aliphatic carbocycles. The summed E-state index contributed by atoms with van der Waals surface area (Å²) in [5.74, 6) is 0.136. The van der Waals surface area contributed by atoms with E-state index < -0.39 is 0 Å². The van der Waals surface area contributed by atoms with Crippen molar-refractivity contribution in [2.24, 2.45) is 10.7 Å². The molecular weight excluding hydrogens is 442 g/mol. The maximum atomic E-state index is 12.5. The summed E-state index contributed by atoms with van der Waals surface area (Å²) < 4.78 is 1.81. The molecule has 0 bridgehead atoms. The number of rotatable bonds is 7. The number of imidazole rings is 1. The van der Waals surface area contributed by atoms with Crippen molar-refractivity contribution in [2.45, 2.75) is 19.9 Å². The Morgan fingerprint density at radius 1 is 1.26 bits per heavy atom. The van der Waals surface area contributed by atoms with Crippen LogP contribution in [0, 0.1) is 0 Å². The maximum absolute atomic E-state index is 12.5. The van der Waals surface area contributed by atoms with Gasteiger partial charge >= 0.3 is 6.03 Å². The lowest BCUT2D eigenvalue weighted by Gasteiger charge is -2.25. The molecule has 3 amide bonds. The Labute approximate surface area is 204 Å². The van der Waals surface area contributed by atoms with E-state index in [-0.39, 0.29) is 24.5 Å². The number of urea groups is 1. The minimum Gasteiger partial charge on any atom is -0.370 e. The molecule has 1 atom stereocenters. The molecule has 180 valence electrons. The van der Waals surface area contributed by atoms with Crippen LogP contribution in [0.25, 0.3) is 16.7 Å². The van der Waals surface area contributed by atoms with E-state index in [1.807, 2.05) is 47.7 Å². The molecule has 0 radical (unpaired) electrons. The second kappa shape index (κ2) is 9.84. The van der Waals surface area contributed by atoms with E-state index in [1.165, 1.54) is 9.80 Å². The number of fused-ring (bicyclic) bond motifs is 1. The van der Waals surface area contributed by atoms with E-state index in [2.05, 4.69) is 35.6 Å². The van der Waals surface area contributed by atoms with Crippen molar-refractivity contribution >= 4 is 40.3 Å². The van der Waals surface area contributed by atoms with Gasteiger partial charge in [0.15, 0.2) is 5.96 Å². The Morgan fingerprint density at radius 2 is 2.00 bits per heavy atom. The summed E-state index contributed by atoms with van der Waals surface area (Å²) in [4.78, 5) is 38.2. The van der Waals surface area contributed by atoms with Gasteiger partial charge in [-0.15, -0.1) is 0 Å². The van der Waals surface area contributed by atoms with Crippen LogP contribution in [0.5, 0.6) is 0 Å². The molecule has 1 aliphatic heterocycles. The van der Waals surface area contributed by atoms with Crippen LogP contribution in [0.4, 0.5) is 10.5 Å². The third-order valence-electron chi connectivity index (χ3n) is 6.22. The number of aromatic nitrogens is 2. The first-order valence-corrected chi connectivity index (χ1v) is 11.4. The number of likely N-dealkylation sites (N-methyl/N-ethyl adjacent to an activating group) is 1. The lowest BCUT2D eigenvalue weighted by Crippen LogP contribution is -2.35. The summed E-state index contributed by atoms with van der Waals surface area (Å²) in [6, 6.07) is 15.1. The highest BCUT2D eigenvalue weighted by Crippen LogP contribution is 2.26. The fraction of sp³-hybridized carbons (Fsp3) is 0.231. The Balaban J connectivity index is 1.48. The number of carbonyl (C=O) groups excluding carboxylic acids is 2. The molecule has 35 heavy (non-hydrogen) atoms. The van der Waals surface area contributed by atoms with Gasteiger partial charge < -0.3 is 15.5 Å². The number of benzene rings is 2. The normalized spacial score (nSPS) is 15.5. The van der Waals surface area contributed by atoms with E-state index in [4.69, 9.17) is 5.73 Å². The molecule has 0 saturated carbocycles. The number of nitrogens with zero attached hydrogens (tertiary/aromatic N) is 6. The lowest BCUT2D eigenvalue weighted by molar-refractivity contribution is -0.116. The molecule has 1 aromatic heterocycles. The van der Waals surface area contributed by atoms with Gasteiger partial charge in [-0.05, 0) is 43.7 Å². The van der Waals surface area contributed by atoms with Gasteiger partial charge in [0.05, 0.1) is 22.8 Å². The van der Waals surface area contributed by atoms with E-state index in [0.717, 1.165) is 11.1 Å². The molecule has 2 aromatic carbocycles. The molecule has 1 aliphatic rings. The van der Waals surface area contributed by atoms with Gasteiger partial charge in [0.2, 0.25) is 0 Å². The predicted octanol–water partition coefficient (Wildman–Crippen LogP) is 3.82. The number of guanidine groups is 1. The fourth-order valence-electron chi connectivity index (χ4n) is 3.94. The molecule has 9 nitrogen and oxygen atoms in total. The molecule has 4 rings (SSSR count). The zero-order valence-corrected chi connectivity index (χ0v) is 20.1. The van der Waals surface area contributed by atoms with Crippen molar-refractivity contribution in [3.05, 3.63) is 79.3 Å². The van der Waals surface area contributed by atoms with Crippen LogP contribution in [0.3, 0.4) is 0 Å². The molecule has 3 aromatic rings. The van der Waals surface area contributed by atoms with Gasteiger partial charge in [0.1, 0.15) is 12.9 Å². The molecule has 1 saturated heterocycles. The van der Waals surface area contributed by atoms with Crippen molar-refractivity contribution in [1.82, 2.24) is 19.4 Å². The second-order valence-electron chi connectivity index (χ2n) is 8.31. The van der Waals surface area contributed by atoms with Crippen molar-refractivity contribution in [3.63, 3.8) is 0 Å². The number of allylic oxidation sites excluding steroid dienone is 2. The number of aliphatic imine (C=N–C) groups is 1. The first-order chi connectivity index (χ1) is 16.8. The first-order valence-electron chi connectivity index (χ1n) is 11.4. The van der Waals surface area contributed by atoms with Crippen molar-refractivity contribution in [2.75, 3.05) is 25.0 Å². The number of imide groups is 1. The highest BCUT2D eigenvalue weighted by molar-refractivity contribution is 6.20. The van der Waals surface area contributed by atoms with Gasteiger partial charge in [-0.3, -0.25) is 9.36 Å². The van der Waals surface area contributed by atoms with E-state index in [9.17, 15) is 9.59 Å². The average Bonchev–Trinajstić information content (AvgIpc) is 3.42. The minimum absolute atomic E-state index is 0.0714. The van der Waals surface area contributed by atoms with E-state index in [1.54, 1.807) is 30.7 Å². The lowest BCUT2D eigenvalue weighted by atomic mass is 10.1. The summed E-state index contributed by atoms with van der Waals surface area (Å²) in [5.41, 5.74) is 9.91. The van der Waals surface area contributed by atoms with E-state index >= 15 is 0 Å². The molecular formula is C26H29N7O2. The highest BCUT2D eigenvalue weighted by Gasteiger charge is 2.36. The smallest absolute Gasteiger partial charge is 0.331 e. The number of hydrogen-bond donors (Lipinski definition) is 1. The zero-order valence-electron chi connectivity index (χ0n) is 20.1. The summed E-state index contributed by atoms with van der Waals surface area (Å²) in [5, 5.41) is 0. The topological polar surface area (TPSA) is 100 Å². The molecule has 9 heteroatoms. The number of anilines is 1. The van der Waals surface area contributed by atoms with Crippen LogP contribution in [0.15, 0.2) is 78.7 Å². The number of carbonyl (C=O) groups is 2. The van der Waals surface area contributed by atoms with Gasteiger partial charge in [-0.2, -0.15) is 0 Å². The molecule has 1 fully saturated rings. The summed E-state index contributed by atoms with van der Waals surface area (Å²) in [6.45, 7) is 8.59. The largest absolute Gasteiger partial charge is 0.370 e. The summed E-state index contributed by atoms with van der Waals surface area (Å²) >= 11 is 0. The maximum Gasteiger partial charge on any atom is 0.331 e. The van der Waals surface area contributed by atoms with Gasteiger partial charge in [-0.1, -0.05) is 36.9 Å². The molecule has 2 N–H and O–H groups in total. The van der Waals surface area contributed by atoms with Crippen LogP contribution < -0.4 is 10.6 Å². The SMILES string of the molecule is C=C(/C=C\N=C(N)N(C)[C@@H](C)c1ccccc1)n1cnc2cc(N3C(=O)CN(CC)C3=O)ccc21. The van der Waals surface area contributed by atoms with Gasteiger partial charge in [0, 0.05) is 25.5 Å². The van der Waals surface area contributed by atoms with Crippen LogP contribution in [0.1, 0.15) is 25.5 Å². The minimum atomic E-state index is -0.314. The average molecular weight is 472 g/mol. The fourth-order valence-corrected chi connectivity index (χ4v) is 3.94. The molecule has 0 spiro atoms. The third kappa shape index (κ3) is 4.65. The monoisotopic (exact) mass is 471 g/mol. The Morgan fingerprint density at radius 3 is 2.69 bits per heavy atom. The van der Waals surface area contributed by atoms with Gasteiger partial charge in [0.25, 0.3) is 5.91 Å². The number of nitrogens with two attached hydrogens (primary N) is 1.